The highest BCUT2D eigenvalue weighted by Crippen LogP contribution is 2.45. The Hall–Kier alpha value is -1.85. The highest BCUT2D eigenvalue weighted by atomic mass is 19.1. The molecule has 2 rings (SSSR count). The molecular weight excluding hydrogens is 249 g/mol. The molecule has 0 radical (unpaired) electrons. The zero-order chi connectivity index (χ0) is 13.9. The number of carbonyl (C=O) groups is 1. The van der Waals surface area contributed by atoms with Crippen molar-refractivity contribution >= 4 is 17.5 Å². The van der Waals surface area contributed by atoms with E-state index in [4.69, 9.17) is 10.5 Å². The lowest BCUT2D eigenvalue weighted by molar-refractivity contribution is 0.0519. The maximum Gasteiger partial charge on any atom is 0.357 e. The summed E-state index contributed by atoms with van der Waals surface area (Å²) in [6, 6.07) is 3.11. The molecule has 1 aliphatic carbocycles. The van der Waals surface area contributed by atoms with E-state index >= 15 is 0 Å². The lowest BCUT2D eigenvalue weighted by atomic mass is 10.1. The number of aromatic nitrogens is 1. The Balaban J connectivity index is 2.06. The first-order chi connectivity index (χ1) is 9.10. The lowest BCUT2D eigenvalue weighted by Gasteiger charge is -2.14. The minimum absolute atomic E-state index is 0.198. The van der Waals surface area contributed by atoms with E-state index in [0.29, 0.717) is 24.7 Å². The summed E-state index contributed by atoms with van der Waals surface area (Å²) in [5.41, 5.74) is 6.14. The molecule has 6 heteroatoms. The molecule has 0 spiro atoms. The fraction of sp³-hybridized carbons (Fsp3) is 0.538. The van der Waals surface area contributed by atoms with Gasteiger partial charge in [-0.05, 0) is 31.9 Å². The fourth-order valence-electron chi connectivity index (χ4n) is 1.74. The molecule has 19 heavy (non-hydrogen) atoms. The predicted octanol–water partition coefficient (Wildman–Crippen LogP) is 2.00. The molecule has 0 unspecified atom stereocenters. The van der Waals surface area contributed by atoms with Gasteiger partial charge in [-0.3, -0.25) is 4.39 Å². The van der Waals surface area contributed by atoms with E-state index in [1.807, 2.05) is 0 Å². The molecule has 1 aliphatic rings. The molecule has 1 aromatic rings. The first kappa shape index (κ1) is 13.6. The first-order valence-electron chi connectivity index (χ1n) is 6.34. The van der Waals surface area contributed by atoms with Crippen LogP contribution in [0.3, 0.4) is 0 Å². The number of rotatable bonds is 6. The molecule has 104 valence electrons. The van der Waals surface area contributed by atoms with Crippen molar-refractivity contribution in [2.75, 3.05) is 30.9 Å². The second-order valence-electron chi connectivity index (χ2n) is 4.84. The maximum absolute atomic E-state index is 12.8. The molecule has 0 aromatic carbocycles. The molecule has 5 nitrogen and oxygen atoms in total. The number of pyridine rings is 1. The van der Waals surface area contributed by atoms with Crippen molar-refractivity contribution in [2.24, 2.45) is 5.41 Å². The monoisotopic (exact) mass is 267 g/mol. The first-order valence-corrected chi connectivity index (χ1v) is 6.34. The SMILES string of the molecule is CCOC(=O)c1ccc(N)c(NCC2(CF)CC2)n1. The van der Waals surface area contributed by atoms with Crippen LogP contribution in [0, 0.1) is 5.41 Å². The van der Waals surface area contributed by atoms with Crippen LogP contribution >= 0.6 is 0 Å². The van der Waals surface area contributed by atoms with Gasteiger partial charge in [0, 0.05) is 12.0 Å². The van der Waals surface area contributed by atoms with E-state index in [1.165, 1.54) is 6.07 Å². The number of nitrogens with one attached hydrogen (secondary N) is 1. The zero-order valence-corrected chi connectivity index (χ0v) is 10.9. The lowest BCUT2D eigenvalue weighted by Crippen LogP contribution is -2.19. The number of nitrogen functional groups attached to an aromatic ring is 1. The fourth-order valence-corrected chi connectivity index (χ4v) is 1.74. The van der Waals surface area contributed by atoms with Gasteiger partial charge in [0.25, 0.3) is 0 Å². The molecule has 1 aromatic heterocycles. The summed E-state index contributed by atoms with van der Waals surface area (Å²) in [6.45, 7) is 2.15. The van der Waals surface area contributed by atoms with Gasteiger partial charge in [-0.15, -0.1) is 0 Å². The Kier molecular flexibility index (Phi) is 3.87. The molecule has 0 atom stereocenters. The Labute approximate surface area is 111 Å². The third kappa shape index (κ3) is 3.13. The largest absolute Gasteiger partial charge is 0.461 e. The van der Waals surface area contributed by atoms with Crippen LogP contribution < -0.4 is 11.1 Å². The van der Waals surface area contributed by atoms with Gasteiger partial charge in [-0.25, -0.2) is 9.78 Å². The number of ether oxygens (including phenoxy) is 1. The molecule has 0 bridgehead atoms. The van der Waals surface area contributed by atoms with Crippen LogP contribution in [0.5, 0.6) is 0 Å². The summed E-state index contributed by atoms with van der Waals surface area (Å²) >= 11 is 0. The summed E-state index contributed by atoms with van der Waals surface area (Å²) in [7, 11) is 0. The summed E-state index contributed by atoms with van der Waals surface area (Å²) in [4.78, 5) is 15.7. The predicted molar refractivity (Wildman–Crippen MR) is 70.7 cm³/mol. The van der Waals surface area contributed by atoms with E-state index in [2.05, 4.69) is 10.3 Å². The Morgan fingerprint density at radius 2 is 2.32 bits per heavy atom. The summed E-state index contributed by atoms with van der Waals surface area (Å²) in [5.74, 6) is -0.0811. The molecule has 0 amide bonds. The molecule has 3 N–H and O–H groups in total. The Morgan fingerprint density at radius 3 is 2.89 bits per heavy atom. The van der Waals surface area contributed by atoms with Crippen LogP contribution in [0.15, 0.2) is 12.1 Å². The van der Waals surface area contributed by atoms with Crippen LogP contribution in [0.1, 0.15) is 30.3 Å². The van der Waals surface area contributed by atoms with Gasteiger partial charge >= 0.3 is 5.97 Å². The van der Waals surface area contributed by atoms with Crippen molar-refractivity contribution in [1.82, 2.24) is 4.98 Å². The quantitative estimate of drug-likeness (QED) is 0.771. The van der Waals surface area contributed by atoms with Crippen molar-refractivity contribution in [3.8, 4) is 0 Å². The average Bonchev–Trinajstić information content (AvgIpc) is 3.19. The third-order valence-electron chi connectivity index (χ3n) is 3.28. The van der Waals surface area contributed by atoms with Gasteiger partial charge in [0.15, 0.2) is 5.69 Å². The minimum atomic E-state index is -0.489. The number of carbonyl (C=O) groups excluding carboxylic acids is 1. The van der Waals surface area contributed by atoms with E-state index in [1.54, 1.807) is 13.0 Å². The zero-order valence-electron chi connectivity index (χ0n) is 10.9. The summed E-state index contributed by atoms with van der Waals surface area (Å²) in [5, 5.41) is 3.02. The number of anilines is 2. The number of hydrogen-bond donors (Lipinski definition) is 2. The van der Waals surface area contributed by atoms with Gasteiger partial charge in [-0.2, -0.15) is 0 Å². The van der Waals surface area contributed by atoms with Gasteiger partial charge < -0.3 is 15.8 Å². The molecule has 0 saturated heterocycles. The van der Waals surface area contributed by atoms with Crippen LogP contribution in [-0.2, 0) is 4.74 Å². The van der Waals surface area contributed by atoms with Crippen LogP contribution in [0.2, 0.25) is 0 Å². The summed E-state index contributed by atoms with van der Waals surface area (Å²) in [6.07, 6.45) is 1.74. The van der Waals surface area contributed by atoms with Crippen LogP contribution in [0.25, 0.3) is 0 Å². The highest BCUT2D eigenvalue weighted by molar-refractivity contribution is 5.88. The second kappa shape index (κ2) is 5.42. The number of hydrogen-bond acceptors (Lipinski definition) is 5. The van der Waals surface area contributed by atoms with Crippen molar-refractivity contribution in [2.45, 2.75) is 19.8 Å². The van der Waals surface area contributed by atoms with Gasteiger partial charge in [0.2, 0.25) is 0 Å². The Morgan fingerprint density at radius 1 is 1.58 bits per heavy atom. The number of nitrogens with two attached hydrogens (primary N) is 1. The molecule has 1 heterocycles. The average molecular weight is 267 g/mol. The van der Waals surface area contributed by atoms with Crippen molar-refractivity contribution < 1.29 is 13.9 Å². The molecular formula is C13H18FN3O2. The van der Waals surface area contributed by atoms with E-state index in [9.17, 15) is 9.18 Å². The molecule has 1 saturated carbocycles. The van der Waals surface area contributed by atoms with E-state index in [-0.39, 0.29) is 17.8 Å². The second-order valence-corrected chi connectivity index (χ2v) is 4.84. The molecule has 1 fully saturated rings. The highest BCUT2D eigenvalue weighted by Gasteiger charge is 2.42. The van der Waals surface area contributed by atoms with E-state index in [0.717, 1.165) is 12.8 Å². The normalized spacial score (nSPS) is 15.9. The van der Waals surface area contributed by atoms with Gasteiger partial charge in [-0.1, -0.05) is 0 Å². The van der Waals surface area contributed by atoms with Gasteiger partial charge in [0.05, 0.1) is 19.0 Å². The topological polar surface area (TPSA) is 77.2 Å². The summed E-state index contributed by atoms with van der Waals surface area (Å²) < 4.78 is 17.7. The van der Waals surface area contributed by atoms with Crippen LogP contribution in [0.4, 0.5) is 15.9 Å². The van der Waals surface area contributed by atoms with Crippen molar-refractivity contribution in [3.63, 3.8) is 0 Å². The number of nitrogens with zero attached hydrogens (tertiary/aromatic N) is 1. The number of halogens is 1. The Bertz CT molecular complexity index is 475. The number of alkyl halides is 1. The number of esters is 1. The van der Waals surface area contributed by atoms with Crippen LogP contribution in [-0.4, -0.2) is 30.8 Å². The smallest absolute Gasteiger partial charge is 0.357 e. The minimum Gasteiger partial charge on any atom is -0.461 e. The van der Waals surface area contributed by atoms with Gasteiger partial charge in [0.1, 0.15) is 5.82 Å². The molecule has 0 aliphatic heterocycles. The van der Waals surface area contributed by atoms with Crippen molar-refractivity contribution in [3.05, 3.63) is 17.8 Å². The third-order valence-corrected chi connectivity index (χ3v) is 3.28. The van der Waals surface area contributed by atoms with E-state index < -0.39 is 5.97 Å². The van der Waals surface area contributed by atoms with Crippen molar-refractivity contribution in [1.29, 1.82) is 0 Å². The standard InChI is InChI=1S/C13H18FN3O2/c1-2-19-12(18)10-4-3-9(15)11(17-10)16-8-13(7-14)5-6-13/h3-4H,2,5-8,15H2,1H3,(H,16,17). The maximum atomic E-state index is 12.8.